The van der Waals surface area contributed by atoms with Gasteiger partial charge in [-0.2, -0.15) is 0 Å². The van der Waals surface area contributed by atoms with Crippen LogP contribution in [-0.4, -0.2) is 31.1 Å². The second-order valence-corrected chi connectivity index (χ2v) is 4.56. The summed E-state index contributed by atoms with van der Waals surface area (Å²) in [5.41, 5.74) is 6.86. The van der Waals surface area contributed by atoms with Gasteiger partial charge in [0.15, 0.2) is 0 Å². The quantitative estimate of drug-likeness (QED) is 0.789. The lowest BCUT2D eigenvalue weighted by atomic mass is 10.1. The molecule has 0 aromatic heterocycles. The summed E-state index contributed by atoms with van der Waals surface area (Å²) in [5.74, 6) is 0.921. The van der Waals surface area contributed by atoms with E-state index in [-0.39, 0.29) is 0 Å². The third-order valence-electron chi connectivity index (χ3n) is 2.90. The highest BCUT2D eigenvalue weighted by molar-refractivity contribution is 5.28. The standard InChI is InChI=1S/C14H24N2O/c1-12(2)16(9-5-8-15)11-13-6-4-7-14(10-13)17-3/h4,6-7,10,12H,5,8-9,11,15H2,1-3H3. The molecule has 0 saturated heterocycles. The molecule has 0 aliphatic carbocycles. The molecule has 0 fully saturated rings. The summed E-state index contributed by atoms with van der Waals surface area (Å²) in [5, 5.41) is 0. The van der Waals surface area contributed by atoms with E-state index in [1.54, 1.807) is 7.11 Å². The molecule has 0 heterocycles. The van der Waals surface area contributed by atoms with Crippen molar-refractivity contribution in [2.75, 3.05) is 20.2 Å². The number of ether oxygens (including phenoxy) is 1. The van der Waals surface area contributed by atoms with Crippen molar-refractivity contribution in [3.8, 4) is 5.75 Å². The molecule has 0 radical (unpaired) electrons. The summed E-state index contributed by atoms with van der Waals surface area (Å²) in [6, 6.07) is 8.78. The fourth-order valence-electron chi connectivity index (χ4n) is 1.82. The fourth-order valence-corrected chi connectivity index (χ4v) is 1.82. The Morgan fingerprint density at radius 2 is 2.12 bits per heavy atom. The first-order chi connectivity index (χ1) is 8.17. The van der Waals surface area contributed by atoms with Crippen molar-refractivity contribution in [2.45, 2.75) is 32.9 Å². The Morgan fingerprint density at radius 1 is 1.35 bits per heavy atom. The van der Waals surface area contributed by atoms with E-state index in [1.165, 1.54) is 5.56 Å². The van der Waals surface area contributed by atoms with Crippen molar-refractivity contribution < 1.29 is 4.74 Å². The molecule has 2 N–H and O–H groups in total. The second-order valence-electron chi connectivity index (χ2n) is 4.56. The Bertz CT molecular complexity index is 326. The minimum absolute atomic E-state index is 0.535. The number of nitrogens with two attached hydrogens (primary N) is 1. The number of hydrogen-bond donors (Lipinski definition) is 1. The van der Waals surface area contributed by atoms with Crippen LogP contribution in [0.5, 0.6) is 5.75 Å². The highest BCUT2D eigenvalue weighted by Gasteiger charge is 2.09. The van der Waals surface area contributed by atoms with Crippen molar-refractivity contribution in [2.24, 2.45) is 5.73 Å². The average molecular weight is 236 g/mol. The lowest BCUT2D eigenvalue weighted by molar-refractivity contribution is 0.211. The summed E-state index contributed by atoms with van der Waals surface area (Å²) in [7, 11) is 1.70. The maximum absolute atomic E-state index is 5.57. The van der Waals surface area contributed by atoms with E-state index in [1.807, 2.05) is 12.1 Å². The molecule has 1 aromatic carbocycles. The van der Waals surface area contributed by atoms with Crippen LogP contribution >= 0.6 is 0 Å². The highest BCUT2D eigenvalue weighted by Crippen LogP contribution is 2.15. The van der Waals surface area contributed by atoms with Gasteiger partial charge in [0.25, 0.3) is 0 Å². The molecule has 1 aromatic rings. The van der Waals surface area contributed by atoms with E-state index in [2.05, 4.69) is 30.9 Å². The van der Waals surface area contributed by atoms with Gasteiger partial charge in [0.1, 0.15) is 5.75 Å². The van der Waals surface area contributed by atoms with Crippen molar-refractivity contribution >= 4 is 0 Å². The molecule has 0 unspecified atom stereocenters. The van der Waals surface area contributed by atoms with Gasteiger partial charge in [0, 0.05) is 12.6 Å². The summed E-state index contributed by atoms with van der Waals surface area (Å²) in [4.78, 5) is 2.43. The van der Waals surface area contributed by atoms with Gasteiger partial charge >= 0.3 is 0 Å². The molecule has 0 aliphatic rings. The van der Waals surface area contributed by atoms with Crippen LogP contribution in [0.2, 0.25) is 0 Å². The zero-order chi connectivity index (χ0) is 12.7. The summed E-state index contributed by atoms with van der Waals surface area (Å²) >= 11 is 0. The van der Waals surface area contributed by atoms with Gasteiger partial charge in [0.2, 0.25) is 0 Å². The summed E-state index contributed by atoms with van der Waals surface area (Å²) in [6.07, 6.45) is 1.04. The minimum Gasteiger partial charge on any atom is -0.497 e. The van der Waals surface area contributed by atoms with Crippen molar-refractivity contribution in [3.63, 3.8) is 0 Å². The van der Waals surface area contributed by atoms with E-state index in [0.29, 0.717) is 6.04 Å². The molecule has 0 spiro atoms. The lowest BCUT2D eigenvalue weighted by Gasteiger charge is -2.26. The van der Waals surface area contributed by atoms with Gasteiger partial charge in [-0.15, -0.1) is 0 Å². The molecule has 0 bridgehead atoms. The van der Waals surface area contributed by atoms with E-state index < -0.39 is 0 Å². The van der Waals surface area contributed by atoms with Crippen LogP contribution in [0, 0.1) is 0 Å². The first-order valence-corrected chi connectivity index (χ1v) is 6.24. The first kappa shape index (κ1) is 14.0. The molecule has 96 valence electrons. The monoisotopic (exact) mass is 236 g/mol. The van der Waals surface area contributed by atoms with E-state index >= 15 is 0 Å². The third kappa shape index (κ3) is 4.75. The van der Waals surface area contributed by atoms with Crippen LogP contribution in [0.4, 0.5) is 0 Å². The van der Waals surface area contributed by atoms with Gasteiger partial charge in [-0.25, -0.2) is 0 Å². The zero-order valence-corrected chi connectivity index (χ0v) is 11.1. The Balaban J connectivity index is 2.64. The molecule has 0 amide bonds. The fraction of sp³-hybridized carbons (Fsp3) is 0.571. The number of benzene rings is 1. The predicted octanol–water partition coefficient (Wildman–Crippen LogP) is 2.25. The topological polar surface area (TPSA) is 38.5 Å². The maximum atomic E-state index is 5.57. The van der Waals surface area contributed by atoms with Gasteiger partial charge in [-0.3, -0.25) is 4.90 Å². The van der Waals surface area contributed by atoms with Crippen LogP contribution in [0.25, 0.3) is 0 Å². The minimum atomic E-state index is 0.535. The number of methoxy groups -OCH3 is 1. The van der Waals surface area contributed by atoms with Gasteiger partial charge in [-0.1, -0.05) is 12.1 Å². The highest BCUT2D eigenvalue weighted by atomic mass is 16.5. The largest absolute Gasteiger partial charge is 0.497 e. The van der Waals surface area contributed by atoms with Crippen LogP contribution in [-0.2, 0) is 6.54 Å². The van der Waals surface area contributed by atoms with E-state index in [4.69, 9.17) is 10.5 Å². The lowest BCUT2D eigenvalue weighted by Crippen LogP contribution is -2.32. The molecule has 3 nitrogen and oxygen atoms in total. The molecule has 0 atom stereocenters. The SMILES string of the molecule is COc1cccc(CN(CCCN)C(C)C)c1. The second kappa shape index (κ2) is 7.30. The van der Waals surface area contributed by atoms with Crippen LogP contribution in [0.15, 0.2) is 24.3 Å². The Morgan fingerprint density at radius 3 is 2.71 bits per heavy atom. The molecule has 17 heavy (non-hydrogen) atoms. The molecule has 0 saturated carbocycles. The van der Waals surface area contributed by atoms with E-state index in [9.17, 15) is 0 Å². The van der Waals surface area contributed by atoms with Crippen LogP contribution in [0.1, 0.15) is 25.8 Å². The van der Waals surface area contributed by atoms with Crippen LogP contribution in [0.3, 0.4) is 0 Å². The van der Waals surface area contributed by atoms with Gasteiger partial charge in [-0.05, 0) is 51.1 Å². The van der Waals surface area contributed by atoms with Crippen LogP contribution < -0.4 is 10.5 Å². The Kier molecular flexibility index (Phi) is 6.01. The van der Waals surface area contributed by atoms with E-state index in [0.717, 1.165) is 31.8 Å². The molecule has 3 heteroatoms. The summed E-state index contributed by atoms with van der Waals surface area (Å²) < 4.78 is 5.24. The van der Waals surface area contributed by atoms with Gasteiger partial charge in [0.05, 0.1) is 7.11 Å². The number of rotatable bonds is 7. The molecular weight excluding hydrogens is 212 g/mol. The normalized spacial score (nSPS) is 11.2. The van der Waals surface area contributed by atoms with Crippen molar-refractivity contribution in [1.82, 2.24) is 4.90 Å². The smallest absolute Gasteiger partial charge is 0.119 e. The molecule has 0 aliphatic heterocycles. The van der Waals surface area contributed by atoms with Gasteiger partial charge < -0.3 is 10.5 Å². The predicted molar refractivity (Wildman–Crippen MR) is 72.2 cm³/mol. The molecule has 1 rings (SSSR count). The maximum Gasteiger partial charge on any atom is 0.119 e. The zero-order valence-electron chi connectivity index (χ0n) is 11.1. The number of hydrogen-bond acceptors (Lipinski definition) is 3. The Hall–Kier alpha value is -1.06. The van der Waals surface area contributed by atoms with Crippen molar-refractivity contribution in [1.29, 1.82) is 0 Å². The first-order valence-electron chi connectivity index (χ1n) is 6.24. The van der Waals surface area contributed by atoms with Crippen molar-refractivity contribution in [3.05, 3.63) is 29.8 Å². The average Bonchev–Trinajstić information content (AvgIpc) is 2.34. The third-order valence-corrected chi connectivity index (χ3v) is 2.90. The molecular formula is C14H24N2O. The summed E-state index contributed by atoms with van der Waals surface area (Å²) in [6.45, 7) is 7.19. The number of nitrogens with zero attached hydrogens (tertiary/aromatic N) is 1. The Labute approximate surface area is 105 Å².